The van der Waals surface area contributed by atoms with Crippen molar-refractivity contribution in [2.75, 3.05) is 11.4 Å². The van der Waals surface area contributed by atoms with Gasteiger partial charge in [-0.15, -0.1) is 0 Å². The van der Waals surface area contributed by atoms with Crippen LogP contribution in [0.15, 0.2) is 6.07 Å². The zero-order chi connectivity index (χ0) is 15.5. The lowest BCUT2D eigenvalue weighted by Gasteiger charge is -2.27. The van der Waals surface area contributed by atoms with Gasteiger partial charge in [0.1, 0.15) is 16.6 Å². The van der Waals surface area contributed by atoms with Crippen LogP contribution in [-0.4, -0.2) is 28.2 Å². The molecule has 1 aromatic rings. The number of amides is 1. The van der Waals surface area contributed by atoms with Crippen LogP contribution in [0.4, 0.5) is 10.6 Å². The molecule has 0 saturated heterocycles. The maximum absolute atomic E-state index is 12.3. The second-order valence-electron chi connectivity index (χ2n) is 5.80. The fourth-order valence-corrected chi connectivity index (χ4v) is 1.86. The average molecular weight is 320 g/mol. The first-order valence-electron chi connectivity index (χ1n) is 6.29. The molecule has 5 nitrogen and oxygen atoms in total. The van der Waals surface area contributed by atoms with E-state index in [-0.39, 0.29) is 16.4 Å². The van der Waals surface area contributed by atoms with E-state index in [4.69, 9.17) is 27.9 Å². The molecule has 0 aliphatic rings. The van der Waals surface area contributed by atoms with E-state index in [0.717, 1.165) is 0 Å². The van der Waals surface area contributed by atoms with Crippen LogP contribution in [0.2, 0.25) is 10.4 Å². The normalized spacial score (nSPS) is 11.6. The monoisotopic (exact) mass is 319 g/mol. The quantitative estimate of drug-likeness (QED) is 0.619. The van der Waals surface area contributed by atoms with Gasteiger partial charge in [0.15, 0.2) is 0 Å². The van der Waals surface area contributed by atoms with E-state index >= 15 is 0 Å². The van der Waals surface area contributed by atoms with Crippen molar-refractivity contribution in [1.82, 2.24) is 9.97 Å². The van der Waals surface area contributed by atoms with Crippen LogP contribution in [0.25, 0.3) is 0 Å². The summed E-state index contributed by atoms with van der Waals surface area (Å²) in [6, 6.07) is 1.49. The topological polar surface area (TPSA) is 55.3 Å². The zero-order valence-electron chi connectivity index (χ0n) is 12.3. The van der Waals surface area contributed by atoms with Gasteiger partial charge in [0.25, 0.3) is 0 Å². The Morgan fingerprint density at radius 2 is 1.95 bits per heavy atom. The molecular formula is C13H19Cl2N3O2. The molecule has 0 saturated carbocycles. The van der Waals surface area contributed by atoms with E-state index in [9.17, 15) is 4.79 Å². The van der Waals surface area contributed by atoms with Crippen molar-refractivity contribution in [3.63, 3.8) is 0 Å². The Balaban J connectivity index is 3.08. The third kappa shape index (κ3) is 5.51. The molecule has 0 unspecified atom stereocenters. The van der Waals surface area contributed by atoms with Crippen molar-refractivity contribution in [3.8, 4) is 0 Å². The smallest absolute Gasteiger partial charge is 0.416 e. The highest BCUT2D eigenvalue weighted by Gasteiger charge is 2.25. The number of halogens is 2. The molecule has 7 heteroatoms. The van der Waals surface area contributed by atoms with E-state index in [1.807, 2.05) is 13.8 Å². The van der Waals surface area contributed by atoms with Crippen LogP contribution in [0, 0.1) is 5.92 Å². The van der Waals surface area contributed by atoms with Crippen molar-refractivity contribution in [3.05, 3.63) is 16.5 Å². The molecule has 0 aliphatic heterocycles. The molecule has 0 aliphatic carbocycles. The van der Waals surface area contributed by atoms with Crippen LogP contribution in [0.3, 0.4) is 0 Å². The number of ether oxygens (including phenoxy) is 1. The fraction of sp³-hybridized carbons (Fsp3) is 0.615. The highest BCUT2D eigenvalue weighted by molar-refractivity contribution is 6.32. The third-order valence-electron chi connectivity index (χ3n) is 2.09. The van der Waals surface area contributed by atoms with Gasteiger partial charge in [0.05, 0.1) is 0 Å². The van der Waals surface area contributed by atoms with Gasteiger partial charge < -0.3 is 4.74 Å². The van der Waals surface area contributed by atoms with E-state index in [1.54, 1.807) is 20.8 Å². The molecule has 0 fully saturated rings. The van der Waals surface area contributed by atoms with Crippen molar-refractivity contribution in [1.29, 1.82) is 0 Å². The lowest BCUT2D eigenvalue weighted by molar-refractivity contribution is 0.0575. The minimum absolute atomic E-state index is 0.00943. The summed E-state index contributed by atoms with van der Waals surface area (Å²) in [6.45, 7) is 9.83. The summed E-state index contributed by atoms with van der Waals surface area (Å²) >= 11 is 11.6. The van der Waals surface area contributed by atoms with Gasteiger partial charge in [-0.2, -0.15) is 4.98 Å². The number of aromatic nitrogens is 2. The number of nitrogens with zero attached hydrogens (tertiary/aromatic N) is 3. The van der Waals surface area contributed by atoms with Gasteiger partial charge in [-0.1, -0.05) is 25.4 Å². The summed E-state index contributed by atoms with van der Waals surface area (Å²) in [5.74, 6) is 0.563. The molecule has 20 heavy (non-hydrogen) atoms. The maximum Gasteiger partial charge on any atom is 0.416 e. The number of carbonyl (C=O) groups is 1. The number of carbonyl (C=O) groups excluding carboxylic acids is 1. The molecule has 1 rings (SSSR count). The summed E-state index contributed by atoms with van der Waals surface area (Å²) in [7, 11) is 0. The van der Waals surface area contributed by atoms with Crippen LogP contribution < -0.4 is 4.90 Å². The fourth-order valence-electron chi connectivity index (χ4n) is 1.46. The molecule has 1 aromatic heterocycles. The molecule has 0 radical (unpaired) electrons. The molecular weight excluding hydrogens is 301 g/mol. The standard InChI is InChI=1S/C13H19Cl2N3O2/c1-8(2)7-18(12(19)20-13(3,4)5)10-6-9(14)16-11(15)17-10/h6,8H,7H2,1-5H3. The first kappa shape index (κ1) is 17.0. The Morgan fingerprint density at radius 1 is 1.35 bits per heavy atom. The summed E-state index contributed by atoms with van der Waals surface area (Å²) in [5, 5.41) is 0.169. The maximum atomic E-state index is 12.3. The Bertz CT molecular complexity index is 467. The van der Waals surface area contributed by atoms with E-state index < -0.39 is 11.7 Å². The van der Waals surface area contributed by atoms with E-state index in [0.29, 0.717) is 12.4 Å². The van der Waals surface area contributed by atoms with E-state index in [1.165, 1.54) is 11.0 Å². The predicted octanol–water partition coefficient (Wildman–Crippen LogP) is 4.18. The van der Waals surface area contributed by atoms with Crippen molar-refractivity contribution in [2.45, 2.75) is 40.2 Å². The Labute approximate surface area is 129 Å². The van der Waals surface area contributed by atoms with Gasteiger partial charge in [-0.3, -0.25) is 4.90 Å². The van der Waals surface area contributed by atoms with Crippen LogP contribution >= 0.6 is 23.2 Å². The Hall–Kier alpha value is -1.07. The molecule has 0 atom stereocenters. The molecule has 112 valence electrons. The average Bonchev–Trinajstić information content (AvgIpc) is 2.21. The predicted molar refractivity (Wildman–Crippen MR) is 80.5 cm³/mol. The summed E-state index contributed by atoms with van der Waals surface area (Å²) in [4.78, 5) is 21.5. The summed E-state index contributed by atoms with van der Waals surface area (Å²) < 4.78 is 5.38. The molecule has 1 amide bonds. The second kappa shape index (κ2) is 6.59. The summed E-state index contributed by atoms with van der Waals surface area (Å²) in [5.41, 5.74) is -0.590. The lowest BCUT2D eigenvalue weighted by atomic mass is 10.2. The third-order valence-corrected chi connectivity index (χ3v) is 2.45. The van der Waals surface area contributed by atoms with E-state index in [2.05, 4.69) is 9.97 Å². The van der Waals surface area contributed by atoms with Crippen LogP contribution in [0.5, 0.6) is 0 Å². The van der Waals surface area contributed by atoms with Gasteiger partial charge >= 0.3 is 6.09 Å². The van der Waals surface area contributed by atoms with Crippen molar-refractivity contribution in [2.24, 2.45) is 5.92 Å². The highest BCUT2D eigenvalue weighted by atomic mass is 35.5. The molecule has 0 spiro atoms. The van der Waals surface area contributed by atoms with Gasteiger partial charge in [-0.25, -0.2) is 9.78 Å². The first-order valence-corrected chi connectivity index (χ1v) is 7.04. The van der Waals surface area contributed by atoms with Gasteiger partial charge in [0.2, 0.25) is 5.28 Å². The van der Waals surface area contributed by atoms with Crippen molar-refractivity contribution < 1.29 is 9.53 Å². The Kier molecular flexibility index (Phi) is 5.59. The zero-order valence-corrected chi connectivity index (χ0v) is 13.8. The van der Waals surface area contributed by atoms with Crippen LogP contribution in [0.1, 0.15) is 34.6 Å². The lowest BCUT2D eigenvalue weighted by Crippen LogP contribution is -2.39. The molecule has 0 aromatic carbocycles. The largest absolute Gasteiger partial charge is 0.443 e. The molecule has 0 bridgehead atoms. The number of anilines is 1. The Morgan fingerprint density at radius 3 is 2.40 bits per heavy atom. The van der Waals surface area contributed by atoms with Crippen LogP contribution in [-0.2, 0) is 4.74 Å². The molecule has 1 heterocycles. The SMILES string of the molecule is CC(C)CN(C(=O)OC(C)(C)C)c1cc(Cl)nc(Cl)n1. The van der Waals surface area contributed by atoms with Crippen molar-refractivity contribution >= 4 is 35.1 Å². The number of rotatable bonds is 3. The highest BCUT2D eigenvalue weighted by Crippen LogP contribution is 2.22. The first-order chi connectivity index (χ1) is 9.08. The minimum atomic E-state index is -0.590. The van der Waals surface area contributed by atoms with Gasteiger partial charge in [0, 0.05) is 12.6 Å². The minimum Gasteiger partial charge on any atom is -0.443 e. The van der Waals surface area contributed by atoms with Gasteiger partial charge in [-0.05, 0) is 38.3 Å². The molecule has 0 N–H and O–H groups in total. The number of hydrogen-bond donors (Lipinski definition) is 0. The number of hydrogen-bond acceptors (Lipinski definition) is 4. The second-order valence-corrected chi connectivity index (χ2v) is 6.53. The summed E-state index contributed by atoms with van der Waals surface area (Å²) in [6.07, 6.45) is -0.489.